The van der Waals surface area contributed by atoms with Gasteiger partial charge in [-0.15, -0.1) is 0 Å². The number of hydrogen-bond donors (Lipinski definition) is 2. The highest BCUT2D eigenvalue weighted by Crippen LogP contribution is 2.46. The molecule has 0 saturated carbocycles. The average Bonchev–Trinajstić information content (AvgIpc) is 2.90. The van der Waals surface area contributed by atoms with E-state index in [-0.39, 0.29) is 24.0 Å². The normalized spacial score (nSPS) is 10.5. The number of carbonyl (C=O) groups is 2. The van der Waals surface area contributed by atoms with Crippen LogP contribution in [0.4, 0.5) is 10.7 Å². The molecule has 0 bridgehead atoms. The van der Waals surface area contributed by atoms with E-state index in [4.69, 9.17) is 13.9 Å². The van der Waals surface area contributed by atoms with Gasteiger partial charge in [-0.2, -0.15) is 0 Å². The van der Waals surface area contributed by atoms with Gasteiger partial charge in [0.1, 0.15) is 5.69 Å². The van der Waals surface area contributed by atoms with E-state index in [1.807, 2.05) is 30.3 Å². The van der Waals surface area contributed by atoms with E-state index in [1.165, 1.54) is 0 Å². The quantitative estimate of drug-likeness (QED) is 0.686. The number of rotatable bonds is 4. The van der Waals surface area contributed by atoms with Crippen LogP contribution in [0.5, 0.6) is 11.5 Å². The second-order valence-corrected chi connectivity index (χ2v) is 5.27. The second kappa shape index (κ2) is 7.14. The lowest BCUT2D eigenvalue weighted by Crippen LogP contribution is -2.14. The molecule has 3 aromatic rings. The molecule has 26 heavy (non-hydrogen) atoms. The smallest absolute Gasteiger partial charge is 0.414 e. The minimum atomic E-state index is -0.812. The summed E-state index contributed by atoms with van der Waals surface area (Å²) in [7, 11) is 0. The number of para-hydroxylation sites is 1. The van der Waals surface area contributed by atoms with E-state index in [9.17, 15) is 14.7 Å². The number of carbonyl (C=O) groups excluding carboxylic acids is 2. The Bertz CT molecular complexity index is 979. The van der Waals surface area contributed by atoms with E-state index < -0.39 is 17.8 Å². The summed E-state index contributed by atoms with van der Waals surface area (Å²) in [5.41, 5.74) is 1.00. The van der Waals surface area contributed by atoms with E-state index in [0.29, 0.717) is 11.2 Å². The molecule has 8 nitrogen and oxygen atoms in total. The number of aromatic hydroxyl groups is 1. The minimum absolute atomic E-state index is 0.0428. The highest BCUT2D eigenvalue weighted by Gasteiger charge is 2.26. The molecule has 0 saturated heterocycles. The lowest BCUT2D eigenvalue weighted by Gasteiger charge is -2.04. The Balaban J connectivity index is 2.06. The maximum atomic E-state index is 11.7. The number of esters is 1. The fourth-order valence-electron chi connectivity index (χ4n) is 2.35. The summed E-state index contributed by atoms with van der Waals surface area (Å²) in [6.45, 7) is 2.94. The van der Waals surface area contributed by atoms with Crippen molar-refractivity contribution >= 4 is 28.8 Å². The lowest BCUT2D eigenvalue weighted by molar-refractivity contribution is -0.132. The van der Waals surface area contributed by atoms with Crippen molar-refractivity contribution in [2.75, 3.05) is 11.9 Å². The molecular weight excluding hydrogens is 340 g/mol. The number of furan rings is 1. The molecule has 1 aromatic carbocycles. The van der Waals surface area contributed by atoms with Gasteiger partial charge >= 0.3 is 12.1 Å². The molecule has 2 heterocycles. The molecule has 134 valence electrons. The summed E-state index contributed by atoms with van der Waals surface area (Å²) in [5, 5.41) is 13.6. The largest absolute Gasteiger partial charge is 0.501 e. The van der Waals surface area contributed by atoms with E-state index >= 15 is 0 Å². The first-order valence-electron chi connectivity index (χ1n) is 7.83. The van der Waals surface area contributed by atoms with Gasteiger partial charge in [-0.3, -0.25) is 10.1 Å². The Morgan fingerprint density at radius 2 is 2.00 bits per heavy atom. The Hall–Kier alpha value is -3.55. The third-order valence-corrected chi connectivity index (χ3v) is 3.41. The number of anilines is 1. The van der Waals surface area contributed by atoms with Crippen LogP contribution < -0.4 is 10.1 Å². The molecule has 1 amide bonds. The minimum Gasteiger partial charge on any atom is -0.501 e. The fourth-order valence-corrected chi connectivity index (χ4v) is 2.35. The standard InChI is InChI=1S/C18H16N2O6/c1-3-24-18(23)20-17-16(25-10(2)21)14(22)15(26-17)13-9-8-11-6-4-5-7-12(11)19-13/h4-9,22H,3H2,1-2H3,(H,20,23). The van der Waals surface area contributed by atoms with Crippen LogP contribution >= 0.6 is 0 Å². The van der Waals surface area contributed by atoms with Crippen LogP contribution in [0, 0.1) is 0 Å². The molecule has 0 fully saturated rings. The predicted molar refractivity (Wildman–Crippen MR) is 93.1 cm³/mol. The molecule has 0 unspecified atom stereocenters. The predicted octanol–water partition coefficient (Wildman–Crippen LogP) is 3.69. The van der Waals surface area contributed by atoms with Crippen LogP contribution in [0.25, 0.3) is 22.4 Å². The van der Waals surface area contributed by atoms with Gasteiger partial charge in [0.15, 0.2) is 0 Å². The lowest BCUT2D eigenvalue weighted by atomic mass is 10.2. The maximum absolute atomic E-state index is 11.7. The van der Waals surface area contributed by atoms with Crippen molar-refractivity contribution in [1.82, 2.24) is 4.98 Å². The number of aromatic nitrogens is 1. The molecule has 0 aliphatic carbocycles. The number of benzene rings is 1. The summed E-state index contributed by atoms with van der Waals surface area (Å²) in [5.74, 6) is -1.74. The fraction of sp³-hybridized carbons (Fsp3) is 0.167. The first-order chi connectivity index (χ1) is 12.5. The molecule has 0 aliphatic rings. The Kier molecular flexibility index (Phi) is 4.74. The molecule has 2 N–H and O–H groups in total. The molecule has 0 aliphatic heterocycles. The van der Waals surface area contributed by atoms with Gasteiger partial charge in [-0.05, 0) is 19.1 Å². The number of fused-ring (bicyclic) bond motifs is 1. The van der Waals surface area contributed by atoms with Gasteiger partial charge in [0, 0.05) is 12.3 Å². The van der Waals surface area contributed by atoms with Crippen LogP contribution in [0.15, 0.2) is 40.8 Å². The van der Waals surface area contributed by atoms with Crippen LogP contribution in [-0.2, 0) is 9.53 Å². The molecule has 0 atom stereocenters. The van der Waals surface area contributed by atoms with E-state index in [2.05, 4.69) is 10.3 Å². The van der Waals surface area contributed by atoms with Crippen LogP contribution in [0.2, 0.25) is 0 Å². The third-order valence-electron chi connectivity index (χ3n) is 3.41. The highest BCUT2D eigenvalue weighted by molar-refractivity contribution is 5.89. The summed E-state index contributed by atoms with van der Waals surface area (Å²) < 4.78 is 15.2. The maximum Gasteiger partial charge on any atom is 0.414 e. The van der Waals surface area contributed by atoms with Crippen molar-refractivity contribution < 1.29 is 28.6 Å². The van der Waals surface area contributed by atoms with Crippen molar-refractivity contribution in [2.45, 2.75) is 13.8 Å². The van der Waals surface area contributed by atoms with Crippen LogP contribution in [-0.4, -0.2) is 28.8 Å². The average molecular weight is 356 g/mol. The molecule has 0 radical (unpaired) electrons. The van der Waals surface area contributed by atoms with Gasteiger partial charge in [-0.25, -0.2) is 9.78 Å². The van der Waals surface area contributed by atoms with Crippen LogP contribution in [0.1, 0.15) is 13.8 Å². The molecule has 2 aromatic heterocycles. The van der Waals surface area contributed by atoms with Gasteiger partial charge < -0.3 is 19.0 Å². The van der Waals surface area contributed by atoms with Crippen molar-refractivity contribution in [3.63, 3.8) is 0 Å². The SMILES string of the molecule is CCOC(=O)Nc1oc(-c2ccc3ccccc3n2)c(O)c1OC(C)=O. The van der Waals surface area contributed by atoms with Gasteiger partial charge in [0.25, 0.3) is 5.88 Å². The van der Waals surface area contributed by atoms with Crippen molar-refractivity contribution in [2.24, 2.45) is 0 Å². The summed E-state index contributed by atoms with van der Waals surface area (Å²) >= 11 is 0. The molecular formula is C18H16N2O6. The number of ether oxygens (including phenoxy) is 2. The Labute approximate surface area is 148 Å². The first-order valence-corrected chi connectivity index (χ1v) is 7.83. The number of hydrogen-bond acceptors (Lipinski definition) is 7. The van der Waals surface area contributed by atoms with Crippen molar-refractivity contribution in [3.8, 4) is 23.0 Å². The Morgan fingerprint density at radius 3 is 2.73 bits per heavy atom. The van der Waals surface area contributed by atoms with E-state index in [1.54, 1.807) is 13.0 Å². The zero-order chi connectivity index (χ0) is 18.7. The molecule has 3 rings (SSSR count). The van der Waals surface area contributed by atoms with Gasteiger partial charge in [0.2, 0.25) is 17.3 Å². The number of nitrogens with one attached hydrogen (secondary N) is 1. The Morgan fingerprint density at radius 1 is 1.23 bits per heavy atom. The number of pyridine rings is 1. The monoisotopic (exact) mass is 356 g/mol. The summed E-state index contributed by atoms with van der Waals surface area (Å²) in [4.78, 5) is 27.4. The zero-order valence-corrected chi connectivity index (χ0v) is 14.1. The van der Waals surface area contributed by atoms with Gasteiger partial charge in [0.05, 0.1) is 12.1 Å². The number of nitrogens with zero attached hydrogens (tertiary/aromatic N) is 1. The van der Waals surface area contributed by atoms with E-state index in [0.717, 1.165) is 12.3 Å². The van der Waals surface area contributed by atoms with Crippen molar-refractivity contribution in [1.29, 1.82) is 0 Å². The third kappa shape index (κ3) is 3.44. The molecule has 8 heteroatoms. The zero-order valence-electron chi connectivity index (χ0n) is 14.1. The number of amides is 1. The molecule has 0 spiro atoms. The first kappa shape index (κ1) is 17.3. The van der Waals surface area contributed by atoms with Crippen molar-refractivity contribution in [3.05, 3.63) is 36.4 Å². The van der Waals surface area contributed by atoms with Gasteiger partial charge in [-0.1, -0.05) is 24.3 Å². The second-order valence-electron chi connectivity index (χ2n) is 5.27. The summed E-state index contributed by atoms with van der Waals surface area (Å²) in [6, 6.07) is 10.9. The van der Waals surface area contributed by atoms with Crippen LogP contribution in [0.3, 0.4) is 0 Å². The highest BCUT2D eigenvalue weighted by atomic mass is 16.6. The topological polar surface area (TPSA) is 111 Å². The summed E-state index contributed by atoms with van der Waals surface area (Å²) in [6.07, 6.45) is -0.812.